The van der Waals surface area contributed by atoms with Gasteiger partial charge in [0.15, 0.2) is 13.2 Å². The molecule has 0 saturated carbocycles. The van der Waals surface area contributed by atoms with Gasteiger partial charge >= 0.3 is 5.97 Å². The minimum Gasteiger partial charge on any atom is -0.463 e. The summed E-state index contributed by atoms with van der Waals surface area (Å²) in [6.07, 6.45) is 3.30. The number of unbranched alkanes of at least 4 members (excludes halogenated alkanes) is 1. The maximum absolute atomic E-state index is 11.8. The number of aryl methyl sites for hydroxylation is 2. The van der Waals surface area contributed by atoms with Crippen LogP contribution in [-0.2, 0) is 20.7 Å². The lowest BCUT2D eigenvalue weighted by atomic mass is 10.1. The Hall–Kier alpha value is -2.83. The molecule has 0 saturated heterocycles. The van der Waals surface area contributed by atoms with E-state index < -0.39 is 11.9 Å². The van der Waals surface area contributed by atoms with Crippen LogP contribution in [0.15, 0.2) is 34.9 Å². The van der Waals surface area contributed by atoms with Crippen LogP contribution in [0.1, 0.15) is 31.1 Å². The third kappa shape index (κ3) is 6.66. The number of ether oxygens (including phenoxy) is 2. The van der Waals surface area contributed by atoms with E-state index in [2.05, 4.69) is 17.4 Å². The molecule has 0 aliphatic rings. The molecule has 25 heavy (non-hydrogen) atoms. The van der Waals surface area contributed by atoms with Crippen molar-refractivity contribution in [2.75, 3.05) is 18.5 Å². The van der Waals surface area contributed by atoms with Crippen molar-refractivity contribution in [2.24, 2.45) is 0 Å². The number of rotatable bonds is 9. The second kappa shape index (κ2) is 9.46. The maximum atomic E-state index is 11.8. The Bertz CT molecular complexity index is 694. The predicted molar refractivity (Wildman–Crippen MR) is 91.4 cm³/mol. The molecule has 0 unspecified atom stereocenters. The fraction of sp³-hybridized carbons (Fsp3) is 0.389. The second-order valence-corrected chi connectivity index (χ2v) is 5.57. The normalized spacial score (nSPS) is 10.3. The summed E-state index contributed by atoms with van der Waals surface area (Å²) < 4.78 is 14.7. The molecule has 1 aromatic carbocycles. The van der Waals surface area contributed by atoms with Gasteiger partial charge in [0.05, 0.1) is 0 Å². The van der Waals surface area contributed by atoms with Crippen molar-refractivity contribution in [3.63, 3.8) is 0 Å². The Kier molecular flexibility index (Phi) is 7.00. The summed E-state index contributed by atoms with van der Waals surface area (Å²) in [4.78, 5) is 23.3. The molecule has 0 aliphatic heterocycles. The fourth-order valence-electron chi connectivity index (χ4n) is 2.06. The number of nitrogens with zero attached hydrogens (tertiary/aromatic N) is 1. The molecule has 0 spiro atoms. The second-order valence-electron chi connectivity index (χ2n) is 5.57. The van der Waals surface area contributed by atoms with Crippen molar-refractivity contribution >= 4 is 17.6 Å². The number of carbonyl (C=O) groups is 2. The van der Waals surface area contributed by atoms with Crippen molar-refractivity contribution in [3.05, 3.63) is 41.7 Å². The average Bonchev–Trinajstić information content (AvgIpc) is 3.03. The number of hydrogen-bond acceptors (Lipinski definition) is 6. The van der Waals surface area contributed by atoms with E-state index in [1.165, 1.54) is 5.56 Å². The first-order valence-electron chi connectivity index (χ1n) is 8.17. The number of aromatic nitrogens is 1. The van der Waals surface area contributed by atoms with E-state index >= 15 is 0 Å². The lowest BCUT2D eigenvalue weighted by Gasteiger charge is -2.07. The smallest absolute Gasteiger partial charge is 0.344 e. The summed E-state index contributed by atoms with van der Waals surface area (Å²) in [5.41, 5.74) is 1.89. The quantitative estimate of drug-likeness (QED) is 0.702. The van der Waals surface area contributed by atoms with Gasteiger partial charge in [0, 0.05) is 11.8 Å². The van der Waals surface area contributed by atoms with Crippen LogP contribution in [-0.4, -0.2) is 30.2 Å². The third-order valence-corrected chi connectivity index (χ3v) is 3.37. The monoisotopic (exact) mass is 346 g/mol. The van der Waals surface area contributed by atoms with E-state index in [0.717, 1.165) is 19.3 Å². The number of benzene rings is 1. The van der Waals surface area contributed by atoms with Crippen molar-refractivity contribution in [1.82, 2.24) is 5.16 Å². The van der Waals surface area contributed by atoms with E-state index in [9.17, 15) is 9.59 Å². The van der Waals surface area contributed by atoms with Crippen molar-refractivity contribution < 1.29 is 23.6 Å². The predicted octanol–water partition coefficient (Wildman–Crippen LogP) is 2.89. The van der Waals surface area contributed by atoms with Crippen molar-refractivity contribution in [3.8, 4) is 5.88 Å². The number of hydrogen-bond donors (Lipinski definition) is 1. The topological polar surface area (TPSA) is 90.7 Å². The first-order chi connectivity index (χ1) is 12.1. The molecule has 0 atom stereocenters. The molecule has 0 aliphatic carbocycles. The molecule has 7 heteroatoms. The maximum Gasteiger partial charge on any atom is 0.344 e. The van der Waals surface area contributed by atoms with Gasteiger partial charge in [-0.2, -0.15) is 0 Å². The Morgan fingerprint density at radius 1 is 1.20 bits per heavy atom. The highest BCUT2D eigenvalue weighted by Gasteiger charge is 2.10. The first kappa shape index (κ1) is 18.5. The Morgan fingerprint density at radius 3 is 2.60 bits per heavy atom. The molecule has 0 bridgehead atoms. The minimum atomic E-state index is -0.661. The highest BCUT2D eigenvalue weighted by molar-refractivity contribution is 5.92. The van der Waals surface area contributed by atoms with Crippen LogP contribution in [0.5, 0.6) is 5.88 Å². The van der Waals surface area contributed by atoms with E-state index in [0.29, 0.717) is 11.4 Å². The Morgan fingerprint density at radius 2 is 1.96 bits per heavy atom. The number of amides is 1. The van der Waals surface area contributed by atoms with Crippen LogP contribution in [0.25, 0.3) is 0 Å². The van der Waals surface area contributed by atoms with Crippen molar-refractivity contribution in [1.29, 1.82) is 0 Å². The Labute approximate surface area is 146 Å². The summed E-state index contributed by atoms with van der Waals surface area (Å²) in [7, 11) is 0. The van der Waals surface area contributed by atoms with E-state index in [4.69, 9.17) is 14.0 Å². The molecule has 1 N–H and O–H groups in total. The molecule has 2 aromatic rings. The van der Waals surface area contributed by atoms with E-state index in [1.807, 2.05) is 24.3 Å². The van der Waals surface area contributed by atoms with Gasteiger partial charge in [-0.1, -0.05) is 25.5 Å². The summed E-state index contributed by atoms with van der Waals surface area (Å²) in [5.74, 6) is -0.303. The van der Waals surface area contributed by atoms with E-state index in [-0.39, 0.29) is 19.1 Å². The summed E-state index contributed by atoms with van der Waals surface area (Å²) >= 11 is 0. The minimum absolute atomic E-state index is 0.196. The van der Waals surface area contributed by atoms with Gasteiger partial charge in [-0.15, -0.1) is 0 Å². The molecule has 2 rings (SSSR count). The standard InChI is InChI=1S/C18H22N2O5/c1-3-4-5-14-6-8-15(9-7-14)19-16(21)11-24-18(22)12-23-17-10-13(2)25-20-17/h6-10H,3-5,11-12H2,1-2H3,(H,19,21). The number of esters is 1. The van der Waals surface area contributed by atoms with Crippen LogP contribution < -0.4 is 10.1 Å². The van der Waals surface area contributed by atoms with Gasteiger partial charge in [-0.05, 0) is 42.6 Å². The summed E-state index contributed by atoms with van der Waals surface area (Å²) in [5, 5.41) is 6.25. The highest BCUT2D eigenvalue weighted by Crippen LogP contribution is 2.12. The third-order valence-electron chi connectivity index (χ3n) is 3.37. The molecular weight excluding hydrogens is 324 g/mol. The van der Waals surface area contributed by atoms with Crippen LogP contribution in [0.4, 0.5) is 5.69 Å². The van der Waals surface area contributed by atoms with Gasteiger partial charge in [0.25, 0.3) is 11.8 Å². The lowest BCUT2D eigenvalue weighted by Crippen LogP contribution is -2.23. The van der Waals surface area contributed by atoms with Crippen LogP contribution >= 0.6 is 0 Å². The number of carbonyl (C=O) groups excluding carboxylic acids is 2. The Balaban J connectivity index is 1.68. The molecule has 134 valence electrons. The van der Waals surface area contributed by atoms with Gasteiger partial charge in [0.2, 0.25) is 0 Å². The lowest BCUT2D eigenvalue weighted by molar-refractivity contribution is -0.149. The van der Waals surface area contributed by atoms with Gasteiger partial charge in [-0.3, -0.25) is 4.79 Å². The zero-order valence-electron chi connectivity index (χ0n) is 14.4. The summed E-state index contributed by atoms with van der Waals surface area (Å²) in [6, 6.07) is 9.17. The zero-order valence-corrected chi connectivity index (χ0v) is 14.4. The van der Waals surface area contributed by atoms with Crippen molar-refractivity contribution in [2.45, 2.75) is 33.1 Å². The summed E-state index contributed by atoms with van der Waals surface area (Å²) in [6.45, 7) is 3.13. The molecule has 1 aromatic heterocycles. The zero-order chi connectivity index (χ0) is 18.1. The van der Waals surface area contributed by atoms with Crippen LogP contribution in [0, 0.1) is 6.92 Å². The first-order valence-corrected chi connectivity index (χ1v) is 8.17. The molecule has 7 nitrogen and oxygen atoms in total. The van der Waals surface area contributed by atoms with E-state index in [1.54, 1.807) is 13.0 Å². The van der Waals surface area contributed by atoms with Gasteiger partial charge < -0.3 is 19.3 Å². The van der Waals surface area contributed by atoms with Gasteiger partial charge in [0.1, 0.15) is 5.76 Å². The largest absolute Gasteiger partial charge is 0.463 e. The number of nitrogens with one attached hydrogen (secondary N) is 1. The molecule has 0 fully saturated rings. The molecule has 1 amide bonds. The molecule has 0 radical (unpaired) electrons. The highest BCUT2D eigenvalue weighted by atomic mass is 16.6. The van der Waals surface area contributed by atoms with Gasteiger partial charge in [-0.25, -0.2) is 4.79 Å². The van der Waals surface area contributed by atoms with Crippen LogP contribution in [0.3, 0.4) is 0 Å². The number of anilines is 1. The molecule has 1 heterocycles. The van der Waals surface area contributed by atoms with Crippen LogP contribution in [0.2, 0.25) is 0 Å². The SMILES string of the molecule is CCCCc1ccc(NC(=O)COC(=O)COc2cc(C)on2)cc1. The fourth-order valence-corrected chi connectivity index (χ4v) is 2.06. The molecular formula is C18H22N2O5. The average molecular weight is 346 g/mol.